The largest absolute Gasteiger partial charge is 0.443 e. The SMILES string of the molecule is CC(C)(C)OC(=O)N(CCCC1(c2ccccc2)SC(c2cc(F)ccc2F)=NN1C(N)=S)C(=O)OC(C)(C)C. The molecule has 0 aromatic heterocycles. The molecule has 0 spiro atoms. The lowest BCUT2D eigenvalue weighted by Crippen LogP contribution is -2.46. The summed E-state index contributed by atoms with van der Waals surface area (Å²) < 4.78 is 39.7. The zero-order valence-electron chi connectivity index (χ0n) is 23.4. The average molecular weight is 593 g/mol. The minimum Gasteiger partial charge on any atom is -0.443 e. The number of thiocarbonyl (C=S) groups is 1. The lowest BCUT2D eigenvalue weighted by atomic mass is 10.0. The molecule has 8 nitrogen and oxygen atoms in total. The molecule has 0 saturated heterocycles. The van der Waals surface area contributed by atoms with Crippen LogP contribution in [0.2, 0.25) is 0 Å². The maximum Gasteiger partial charge on any atom is 0.419 e. The van der Waals surface area contributed by atoms with Gasteiger partial charge in [-0.2, -0.15) is 5.10 Å². The second kappa shape index (κ2) is 12.1. The fourth-order valence-corrected chi connectivity index (χ4v) is 5.63. The molecule has 40 heavy (non-hydrogen) atoms. The molecule has 1 aliphatic rings. The molecule has 2 amide bonds. The first kappa shape index (κ1) is 31.3. The van der Waals surface area contributed by atoms with Crippen molar-refractivity contribution in [3.8, 4) is 0 Å². The third-order valence-corrected chi connectivity index (χ3v) is 7.13. The highest BCUT2D eigenvalue weighted by molar-refractivity contribution is 8.15. The fourth-order valence-electron chi connectivity index (χ4n) is 3.94. The number of carbonyl (C=O) groups excluding carboxylic acids is 2. The Morgan fingerprint density at radius 1 is 1.02 bits per heavy atom. The molecule has 12 heteroatoms. The number of thioether (sulfide) groups is 1. The number of hydrogen-bond donors (Lipinski definition) is 1. The van der Waals surface area contributed by atoms with Gasteiger partial charge < -0.3 is 15.2 Å². The minimum absolute atomic E-state index is 0.0341. The van der Waals surface area contributed by atoms with E-state index in [-0.39, 0.29) is 35.1 Å². The number of ether oxygens (including phenoxy) is 2. The first-order valence-electron chi connectivity index (χ1n) is 12.6. The van der Waals surface area contributed by atoms with E-state index >= 15 is 0 Å². The lowest BCUT2D eigenvalue weighted by molar-refractivity contribution is 0.000855. The highest BCUT2D eigenvalue weighted by atomic mass is 32.2. The first-order valence-corrected chi connectivity index (χ1v) is 13.9. The van der Waals surface area contributed by atoms with Crippen molar-refractivity contribution >= 4 is 46.3 Å². The molecule has 1 atom stereocenters. The summed E-state index contributed by atoms with van der Waals surface area (Å²) in [5.74, 6) is -1.27. The first-order chi connectivity index (χ1) is 18.5. The van der Waals surface area contributed by atoms with E-state index < -0.39 is 39.9 Å². The number of hydrogen-bond acceptors (Lipinski definition) is 7. The molecular weight excluding hydrogens is 558 g/mol. The Morgan fingerprint density at radius 3 is 2.12 bits per heavy atom. The van der Waals surface area contributed by atoms with Crippen LogP contribution < -0.4 is 5.73 Å². The van der Waals surface area contributed by atoms with Crippen LogP contribution in [0.5, 0.6) is 0 Å². The highest BCUT2D eigenvalue weighted by Crippen LogP contribution is 2.50. The van der Waals surface area contributed by atoms with Crippen LogP contribution in [0.1, 0.15) is 65.5 Å². The van der Waals surface area contributed by atoms with E-state index in [2.05, 4.69) is 5.10 Å². The maximum absolute atomic E-state index is 14.8. The Morgan fingerprint density at radius 2 is 1.60 bits per heavy atom. The number of benzene rings is 2. The van der Waals surface area contributed by atoms with Crippen molar-refractivity contribution < 1.29 is 27.8 Å². The second-order valence-electron chi connectivity index (χ2n) is 11.1. The number of amides is 2. The zero-order valence-corrected chi connectivity index (χ0v) is 25.0. The lowest BCUT2D eigenvalue weighted by Gasteiger charge is -2.36. The second-order valence-corrected chi connectivity index (χ2v) is 12.8. The maximum atomic E-state index is 14.8. The van der Waals surface area contributed by atoms with Gasteiger partial charge in [-0.05, 0) is 90.4 Å². The Labute approximate surface area is 242 Å². The van der Waals surface area contributed by atoms with Gasteiger partial charge in [0.15, 0.2) is 5.11 Å². The van der Waals surface area contributed by atoms with Gasteiger partial charge in [0.1, 0.15) is 32.8 Å². The Bertz CT molecular complexity index is 1270. The minimum atomic E-state index is -1.07. The summed E-state index contributed by atoms with van der Waals surface area (Å²) >= 11 is 6.49. The van der Waals surface area contributed by atoms with E-state index in [4.69, 9.17) is 27.4 Å². The number of rotatable bonds is 6. The van der Waals surface area contributed by atoms with Gasteiger partial charge in [-0.15, -0.1) is 0 Å². The van der Waals surface area contributed by atoms with Gasteiger partial charge in [-0.25, -0.2) is 28.3 Å². The highest BCUT2D eigenvalue weighted by Gasteiger charge is 2.47. The quantitative estimate of drug-likeness (QED) is 0.369. The van der Waals surface area contributed by atoms with Gasteiger partial charge in [0, 0.05) is 12.1 Å². The van der Waals surface area contributed by atoms with Crippen LogP contribution >= 0.6 is 24.0 Å². The summed E-state index contributed by atoms with van der Waals surface area (Å²) in [6.45, 7) is 10.1. The molecule has 0 bridgehead atoms. The van der Waals surface area contributed by atoms with Crippen molar-refractivity contribution in [1.82, 2.24) is 9.91 Å². The smallest absolute Gasteiger partial charge is 0.419 e. The third kappa shape index (κ3) is 7.69. The monoisotopic (exact) mass is 592 g/mol. The molecule has 216 valence electrons. The van der Waals surface area contributed by atoms with Crippen LogP contribution in [-0.2, 0) is 14.3 Å². The van der Waals surface area contributed by atoms with Gasteiger partial charge in [0.05, 0.1) is 0 Å². The number of hydrazone groups is 1. The van der Waals surface area contributed by atoms with Gasteiger partial charge in [-0.1, -0.05) is 42.1 Å². The van der Waals surface area contributed by atoms with Crippen LogP contribution in [-0.4, -0.2) is 50.0 Å². The standard InChI is InChI=1S/C28H34F2N4O4S2/c1-26(2,3)37-24(35)33(25(36)38-27(4,5)6)16-10-15-28(18-11-8-7-9-12-18)34(23(31)39)32-22(40-28)20-17-19(29)13-14-21(20)30/h7-9,11-14,17H,10,15-16H2,1-6H3,(H2,31,39). The van der Waals surface area contributed by atoms with E-state index in [0.29, 0.717) is 0 Å². The molecule has 0 radical (unpaired) electrons. The fraction of sp³-hybridized carbons (Fsp3) is 0.429. The van der Waals surface area contributed by atoms with Crippen LogP contribution in [0, 0.1) is 11.6 Å². The zero-order chi connectivity index (χ0) is 29.9. The molecule has 2 aromatic carbocycles. The summed E-state index contributed by atoms with van der Waals surface area (Å²) in [7, 11) is 0. The molecule has 0 fully saturated rings. The summed E-state index contributed by atoms with van der Waals surface area (Å²) in [6, 6.07) is 12.3. The molecule has 0 aliphatic carbocycles. The summed E-state index contributed by atoms with van der Waals surface area (Å²) in [4.78, 5) is 25.8. The van der Waals surface area contributed by atoms with E-state index in [9.17, 15) is 18.4 Å². The van der Waals surface area contributed by atoms with Crippen molar-refractivity contribution in [2.24, 2.45) is 10.8 Å². The predicted molar refractivity (Wildman–Crippen MR) is 156 cm³/mol. The van der Waals surface area contributed by atoms with Gasteiger partial charge >= 0.3 is 12.2 Å². The molecule has 1 heterocycles. The Kier molecular flexibility index (Phi) is 9.46. The van der Waals surface area contributed by atoms with E-state index in [1.165, 1.54) is 5.01 Å². The molecule has 1 aliphatic heterocycles. The van der Waals surface area contributed by atoms with Crippen LogP contribution in [0.3, 0.4) is 0 Å². The third-order valence-electron chi connectivity index (χ3n) is 5.52. The number of nitrogens with two attached hydrogens (primary N) is 1. The van der Waals surface area contributed by atoms with Gasteiger partial charge in [0.25, 0.3) is 0 Å². The molecule has 3 rings (SSSR count). The van der Waals surface area contributed by atoms with Crippen molar-refractivity contribution in [3.63, 3.8) is 0 Å². The molecule has 2 N–H and O–H groups in total. The Balaban J connectivity index is 1.96. The van der Waals surface area contributed by atoms with E-state index in [0.717, 1.165) is 40.4 Å². The van der Waals surface area contributed by atoms with Crippen molar-refractivity contribution in [3.05, 3.63) is 71.3 Å². The topological polar surface area (TPSA) is 97.5 Å². The number of imide groups is 1. The Hall–Kier alpha value is -3.25. The van der Waals surface area contributed by atoms with Crippen LogP contribution in [0.25, 0.3) is 0 Å². The van der Waals surface area contributed by atoms with Gasteiger partial charge in [0.2, 0.25) is 0 Å². The van der Waals surface area contributed by atoms with Crippen molar-refractivity contribution in [2.75, 3.05) is 6.54 Å². The predicted octanol–water partition coefficient (Wildman–Crippen LogP) is 6.72. The number of nitrogens with zero attached hydrogens (tertiary/aromatic N) is 3. The van der Waals surface area contributed by atoms with Gasteiger partial charge in [-0.3, -0.25) is 0 Å². The molecule has 0 saturated carbocycles. The number of halogens is 2. The van der Waals surface area contributed by atoms with Crippen LogP contribution in [0.15, 0.2) is 53.6 Å². The van der Waals surface area contributed by atoms with Crippen LogP contribution in [0.4, 0.5) is 18.4 Å². The average Bonchev–Trinajstić information content (AvgIpc) is 3.22. The van der Waals surface area contributed by atoms with Crippen molar-refractivity contribution in [2.45, 2.75) is 70.5 Å². The molecule has 1 unspecified atom stereocenters. The number of carbonyl (C=O) groups is 2. The van der Waals surface area contributed by atoms with Crippen molar-refractivity contribution in [1.29, 1.82) is 0 Å². The summed E-state index contributed by atoms with van der Waals surface area (Å²) in [5.41, 5.74) is 5.12. The normalized spacial score (nSPS) is 17.3. The van der Waals surface area contributed by atoms with E-state index in [1.807, 2.05) is 30.3 Å². The molecular formula is C28H34F2N4O4S2. The van der Waals surface area contributed by atoms with E-state index in [1.54, 1.807) is 41.5 Å². The summed E-state index contributed by atoms with van der Waals surface area (Å²) in [5, 5.41) is 6.00. The summed E-state index contributed by atoms with van der Waals surface area (Å²) in [6.07, 6.45) is -1.20. The molecule has 2 aromatic rings.